The maximum atomic E-state index is 12.6. The van der Waals surface area contributed by atoms with Crippen LogP contribution in [-0.2, 0) is 6.54 Å². The minimum Gasteiger partial charge on any atom is -0.357 e. The quantitative estimate of drug-likeness (QED) is 0.831. The Morgan fingerprint density at radius 1 is 1.46 bits per heavy atom. The largest absolute Gasteiger partial charge is 0.357 e. The molecule has 0 saturated carbocycles. The molecule has 0 aromatic carbocycles. The molecule has 2 aromatic heterocycles. The van der Waals surface area contributed by atoms with Gasteiger partial charge in [0.25, 0.3) is 11.5 Å². The van der Waals surface area contributed by atoms with Crippen LogP contribution in [0.15, 0.2) is 59.2 Å². The molecule has 0 unspecified atom stereocenters. The van der Waals surface area contributed by atoms with Crippen LogP contribution in [0.2, 0.25) is 0 Å². The molecule has 1 aliphatic carbocycles. The highest BCUT2D eigenvalue weighted by molar-refractivity contribution is 6.06. The van der Waals surface area contributed by atoms with Gasteiger partial charge in [-0.15, -0.1) is 0 Å². The summed E-state index contributed by atoms with van der Waals surface area (Å²) in [6.45, 7) is 2.88. The lowest BCUT2D eigenvalue weighted by atomic mass is 10.1. The summed E-state index contributed by atoms with van der Waals surface area (Å²) in [6.07, 6.45) is 15.3. The van der Waals surface area contributed by atoms with Crippen LogP contribution in [0.25, 0.3) is 10.9 Å². The summed E-state index contributed by atoms with van der Waals surface area (Å²) < 4.78 is 1.55. The van der Waals surface area contributed by atoms with Crippen molar-refractivity contribution in [3.63, 3.8) is 0 Å². The van der Waals surface area contributed by atoms with Gasteiger partial charge in [-0.2, -0.15) is 0 Å². The van der Waals surface area contributed by atoms with Gasteiger partial charge in [-0.3, -0.25) is 9.59 Å². The summed E-state index contributed by atoms with van der Waals surface area (Å²) in [5.41, 5.74) is 2.07. The molecule has 0 fully saturated rings. The van der Waals surface area contributed by atoms with E-state index in [1.165, 1.54) is 5.57 Å². The SMILES string of the molecule is C/C=C/Cn1cc(C(=O)NCC2=CC=CCC2)c2cc[nH]c2c1=O. The van der Waals surface area contributed by atoms with Gasteiger partial charge < -0.3 is 14.9 Å². The van der Waals surface area contributed by atoms with Crippen LogP contribution in [0.5, 0.6) is 0 Å². The third-order valence-corrected chi connectivity index (χ3v) is 4.16. The van der Waals surface area contributed by atoms with Crippen molar-refractivity contribution in [1.82, 2.24) is 14.9 Å². The van der Waals surface area contributed by atoms with Crippen molar-refractivity contribution in [2.45, 2.75) is 26.3 Å². The number of hydrogen-bond donors (Lipinski definition) is 2. The van der Waals surface area contributed by atoms with Crippen LogP contribution < -0.4 is 10.9 Å². The van der Waals surface area contributed by atoms with Gasteiger partial charge in [-0.25, -0.2) is 0 Å². The Labute approximate surface area is 140 Å². The number of hydrogen-bond acceptors (Lipinski definition) is 2. The molecule has 5 heteroatoms. The van der Waals surface area contributed by atoms with E-state index < -0.39 is 0 Å². The molecule has 3 rings (SSSR count). The number of nitrogens with zero attached hydrogens (tertiary/aromatic N) is 1. The average Bonchev–Trinajstić information content (AvgIpc) is 3.10. The number of H-pyrrole nitrogens is 1. The zero-order valence-electron chi connectivity index (χ0n) is 13.7. The van der Waals surface area contributed by atoms with E-state index in [2.05, 4.69) is 16.4 Å². The fraction of sp³-hybridized carbons (Fsp3) is 0.263. The Morgan fingerprint density at radius 3 is 3.08 bits per heavy atom. The zero-order chi connectivity index (χ0) is 16.9. The van der Waals surface area contributed by atoms with Gasteiger partial charge in [0, 0.05) is 30.9 Å². The van der Waals surface area contributed by atoms with E-state index >= 15 is 0 Å². The molecule has 0 saturated heterocycles. The second kappa shape index (κ2) is 7.17. The molecule has 0 spiro atoms. The van der Waals surface area contributed by atoms with Crippen LogP contribution in [-0.4, -0.2) is 22.0 Å². The molecule has 5 nitrogen and oxygen atoms in total. The monoisotopic (exact) mass is 323 g/mol. The Kier molecular flexibility index (Phi) is 4.79. The van der Waals surface area contributed by atoms with Gasteiger partial charge in [0.05, 0.1) is 5.56 Å². The van der Waals surface area contributed by atoms with Gasteiger partial charge in [-0.05, 0) is 25.8 Å². The van der Waals surface area contributed by atoms with Crippen LogP contribution >= 0.6 is 0 Å². The molecule has 0 aliphatic heterocycles. The Hall–Kier alpha value is -2.82. The number of allylic oxidation sites excluding steroid dienone is 5. The first-order valence-electron chi connectivity index (χ1n) is 8.15. The third kappa shape index (κ3) is 3.25. The van der Waals surface area contributed by atoms with Crippen molar-refractivity contribution in [2.75, 3.05) is 6.54 Å². The highest BCUT2D eigenvalue weighted by Gasteiger charge is 2.15. The summed E-state index contributed by atoms with van der Waals surface area (Å²) in [5.74, 6) is -0.163. The van der Waals surface area contributed by atoms with Crippen molar-refractivity contribution in [2.24, 2.45) is 0 Å². The average molecular weight is 323 g/mol. The van der Waals surface area contributed by atoms with E-state index in [9.17, 15) is 9.59 Å². The zero-order valence-corrected chi connectivity index (χ0v) is 13.7. The lowest BCUT2D eigenvalue weighted by Crippen LogP contribution is -2.29. The molecule has 0 atom stereocenters. The van der Waals surface area contributed by atoms with E-state index in [0.717, 1.165) is 12.8 Å². The Bertz CT molecular complexity index is 897. The molecule has 2 N–H and O–H groups in total. The van der Waals surface area contributed by atoms with Crippen molar-refractivity contribution in [1.29, 1.82) is 0 Å². The molecule has 1 amide bonds. The first kappa shape index (κ1) is 16.1. The molecule has 24 heavy (non-hydrogen) atoms. The van der Waals surface area contributed by atoms with Crippen molar-refractivity contribution in [3.8, 4) is 0 Å². The fourth-order valence-electron chi connectivity index (χ4n) is 2.82. The predicted octanol–water partition coefficient (Wildman–Crippen LogP) is 2.91. The minimum atomic E-state index is -0.163. The van der Waals surface area contributed by atoms with E-state index in [-0.39, 0.29) is 11.5 Å². The molecule has 2 heterocycles. The first-order chi connectivity index (χ1) is 11.7. The summed E-state index contributed by atoms with van der Waals surface area (Å²) in [4.78, 5) is 28.0. The van der Waals surface area contributed by atoms with Gasteiger partial charge in [0.1, 0.15) is 5.52 Å². The number of aromatic amines is 1. The van der Waals surface area contributed by atoms with E-state index in [1.54, 1.807) is 23.0 Å². The summed E-state index contributed by atoms with van der Waals surface area (Å²) in [7, 11) is 0. The molecule has 0 bridgehead atoms. The Balaban J connectivity index is 1.89. The van der Waals surface area contributed by atoms with Gasteiger partial charge in [0.15, 0.2) is 0 Å². The molecule has 1 aliphatic rings. The number of aromatic nitrogens is 2. The second-order valence-corrected chi connectivity index (χ2v) is 5.81. The van der Waals surface area contributed by atoms with Gasteiger partial charge >= 0.3 is 0 Å². The molecule has 0 radical (unpaired) electrons. The van der Waals surface area contributed by atoms with E-state index in [1.807, 2.05) is 31.2 Å². The molecule has 124 valence electrons. The standard InChI is InChI=1S/C19H21N3O2/c1-2-3-11-22-13-16(15-9-10-20-17(15)19(22)24)18(23)21-12-14-7-5-4-6-8-14/h2-5,7,9-10,13,20H,6,8,11-12H2,1H3,(H,21,23)/b3-2+. The summed E-state index contributed by atoms with van der Waals surface area (Å²) >= 11 is 0. The minimum absolute atomic E-state index is 0.121. The van der Waals surface area contributed by atoms with Crippen LogP contribution in [0.1, 0.15) is 30.1 Å². The molecular weight excluding hydrogens is 302 g/mol. The fourth-order valence-corrected chi connectivity index (χ4v) is 2.82. The van der Waals surface area contributed by atoms with Crippen molar-refractivity contribution >= 4 is 16.8 Å². The maximum Gasteiger partial charge on any atom is 0.275 e. The third-order valence-electron chi connectivity index (χ3n) is 4.16. The van der Waals surface area contributed by atoms with Gasteiger partial charge in [-0.1, -0.05) is 36.0 Å². The summed E-state index contributed by atoms with van der Waals surface area (Å²) in [6, 6.07) is 1.77. The van der Waals surface area contributed by atoms with Crippen LogP contribution in [0.4, 0.5) is 0 Å². The number of carbonyl (C=O) groups is 1. The Morgan fingerprint density at radius 2 is 2.33 bits per heavy atom. The number of rotatable bonds is 5. The molecular formula is C19H21N3O2. The number of amides is 1. The number of nitrogens with one attached hydrogen (secondary N) is 2. The maximum absolute atomic E-state index is 12.6. The summed E-state index contributed by atoms with van der Waals surface area (Å²) in [5, 5.41) is 3.62. The topological polar surface area (TPSA) is 66.9 Å². The van der Waals surface area contributed by atoms with E-state index in [4.69, 9.17) is 0 Å². The van der Waals surface area contributed by atoms with Gasteiger partial charge in [0.2, 0.25) is 0 Å². The number of fused-ring (bicyclic) bond motifs is 1. The first-order valence-corrected chi connectivity index (χ1v) is 8.15. The smallest absolute Gasteiger partial charge is 0.275 e. The predicted molar refractivity (Wildman–Crippen MR) is 96.2 cm³/mol. The molecule has 2 aromatic rings. The highest BCUT2D eigenvalue weighted by Crippen LogP contribution is 2.15. The van der Waals surface area contributed by atoms with Crippen molar-refractivity contribution in [3.05, 3.63) is 70.3 Å². The highest BCUT2D eigenvalue weighted by atomic mass is 16.2. The van der Waals surface area contributed by atoms with Crippen LogP contribution in [0, 0.1) is 0 Å². The second-order valence-electron chi connectivity index (χ2n) is 5.81. The number of pyridine rings is 1. The van der Waals surface area contributed by atoms with Crippen molar-refractivity contribution < 1.29 is 4.79 Å². The lowest BCUT2D eigenvalue weighted by molar-refractivity contribution is 0.0957. The van der Waals surface area contributed by atoms with E-state index in [0.29, 0.717) is 29.6 Å². The lowest BCUT2D eigenvalue weighted by Gasteiger charge is -2.12. The number of carbonyl (C=O) groups excluding carboxylic acids is 1. The normalized spacial score (nSPS) is 14.3. The van der Waals surface area contributed by atoms with Crippen LogP contribution in [0.3, 0.4) is 0 Å².